The maximum Gasteiger partial charge on any atom is 0.164 e. The molecule has 0 aliphatic heterocycles. The first kappa shape index (κ1) is 25.3. The van der Waals surface area contributed by atoms with Crippen molar-refractivity contribution in [2.75, 3.05) is 0 Å². The number of benzene rings is 2. The molecule has 0 unspecified atom stereocenters. The average molecular weight is 473 g/mol. The summed E-state index contributed by atoms with van der Waals surface area (Å²) in [6, 6.07) is 9.08. The molecule has 2 saturated carbocycles. The largest absolute Gasteiger partial charge is 0.373 e. The molecule has 0 N–H and O–H groups in total. The van der Waals surface area contributed by atoms with Crippen molar-refractivity contribution < 1.29 is 17.9 Å². The first-order chi connectivity index (χ1) is 16.5. The van der Waals surface area contributed by atoms with Crippen molar-refractivity contribution in [1.29, 1.82) is 0 Å². The first-order valence-electron chi connectivity index (χ1n) is 13.4. The molecule has 186 valence electrons. The van der Waals surface area contributed by atoms with E-state index in [1.165, 1.54) is 12.8 Å². The summed E-state index contributed by atoms with van der Waals surface area (Å²) in [6.07, 6.45) is 10.7. The topological polar surface area (TPSA) is 9.23 Å². The van der Waals surface area contributed by atoms with Gasteiger partial charge in [-0.15, -0.1) is 0 Å². The van der Waals surface area contributed by atoms with Gasteiger partial charge in [-0.2, -0.15) is 0 Å². The summed E-state index contributed by atoms with van der Waals surface area (Å²) < 4.78 is 50.2. The smallest absolute Gasteiger partial charge is 0.164 e. The van der Waals surface area contributed by atoms with Crippen LogP contribution in [0.3, 0.4) is 0 Å². The Morgan fingerprint density at radius 1 is 0.765 bits per heavy atom. The minimum Gasteiger partial charge on any atom is -0.373 e. The number of aryl methyl sites for hydroxylation is 1. The molecule has 2 aromatic carbocycles. The van der Waals surface area contributed by atoms with Crippen LogP contribution in [0.1, 0.15) is 112 Å². The van der Waals surface area contributed by atoms with E-state index in [-0.39, 0.29) is 30.4 Å². The van der Waals surface area contributed by atoms with Gasteiger partial charge >= 0.3 is 0 Å². The van der Waals surface area contributed by atoms with Crippen LogP contribution in [0, 0.1) is 23.4 Å². The number of ether oxygens (including phenoxy) is 1. The van der Waals surface area contributed by atoms with Gasteiger partial charge in [0.05, 0.1) is 12.7 Å². The monoisotopic (exact) mass is 472 g/mol. The van der Waals surface area contributed by atoms with Crippen molar-refractivity contribution in [1.82, 2.24) is 0 Å². The molecule has 2 aromatic rings. The minimum atomic E-state index is -0.750. The molecule has 0 heterocycles. The number of hydrogen-bond acceptors (Lipinski definition) is 1. The van der Waals surface area contributed by atoms with Crippen molar-refractivity contribution in [3.63, 3.8) is 0 Å². The highest BCUT2D eigenvalue weighted by molar-refractivity contribution is 5.30. The fourth-order valence-corrected chi connectivity index (χ4v) is 6.07. The van der Waals surface area contributed by atoms with Gasteiger partial charge in [-0.1, -0.05) is 51.0 Å². The number of halogens is 3. The Hall–Kier alpha value is -1.81. The summed E-state index contributed by atoms with van der Waals surface area (Å²) in [6.45, 7) is 4.32. The lowest BCUT2D eigenvalue weighted by atomic mass is 9.77. The maximum atomic E-state index is 14.9. The van der Waals surface area contributed by atoms with Gasteiger partial charge < -0.3 is 4.74 Å². The van der Waals surface area contributed by atoms with Crippen LogP contribution in [0.4, 0.5) is 13.2 Å². The maximum absolute atomic E-state index is 14.9. The lowest BCUT2D eigenvalue weighted by Gasteiger charge is -2.30. The highest BCUT2D eigenvalue weighted by atomic mass is 19.2. The molecule has 1 nitrogen and oxygen atoms in total. The highest BCUT2D eigenvalue weighted by Gasteiger charge is 2.28. The second kappa shape index (κ2) is 11.7. The zero-order chi connectivity index (χ0) is 24.1. The molecule has 0 atom stereocenters. The third-order valence-electron chi connectivity index (χ3n) is 8.24. The van der Waals surface area contributed by atoms with Gasteiger partial charge in [-0.05, 0) is 98.3 Å². The van der Waals surface area contributed by atoms with Crippen LogP contribution in [-0.2, 0) is 17.8 Å². The predicted molar refractivity (Wildman–Crippen MR) is 132 cm³/mol. The second-order valence-electron chi connectivity index (χ2n) is 10.4. The summed E-state index contributed by atoms with van der Waals surface area (Å²) in [5, 5.41) is 0. The Morgan fingerprint density at radius 3 is 2.06 bits per heavy atom. The van der Waals surface area contributed by atoms with E-state index in [0.717, 1.165) is 74.8 Å². The van der Waals surface area contributed by atoms with Crippen molar-refractivity contribution in [2.45, 2.75) is 109 Å². The third-order valence-corrected chi connectivity index (χ3v) is 8.24. The van der Waals surface area contributed by atoms with Gasteiger partial charge in [0.1, 0.15) is 5.82 Å². The molecular weight excluding hydrogens is 433 g/mol. The van der Waals surface area contributed by atoms with Gasteiger partial charge in [-0.3, -0.25) is 0 Å². The Kier molecular flexibility index (Phi) is 8.74. The molecule has 2 aliphatic carbocycles. The lowest BCUT2D eigenvalue weighted by Crippen LogP contribution is -2.21. The van der Waals surface area contributed by atoms with Gasteiger partial charge in [0, 0.05) is 5.56 Å². The molecule has 0 spiro atoms. The molecule has 0 saturated heterocycles. The van der Waals surface area contributed by atoms with Crippen molar-refractivity contribution >= 4 is 0 Å². The third kappa shape index (κ3) is 5.87. The molecular formula is C30H39F3O. The molecule has 34 heavy (non-hydrogen) atoms. The zero-order valence-corrected chi connectivity index (χ0v) is 20.7. The summed E-state index contributed by atoms with van der Waals surface area (Å²) in [5.41, 5.74) is 2.64. The molecule has 0 radical (unpaired) electrons. The highest BCUT2D eigenvalue weighted by Crippen LogP contribution is 2.40. The van der Waals surface area contributed by atoms with Gasteiger partial charge in [0.15, 0.2) is 11.6 Å². The Balaban J connectivity index is 1.29. The molecule has 4 heteroatoms. The van der Waals surface area contributed by atoms with E-state index in [0.29, 0.717) is 11.1 Å². The van der Waals surface area contributed by atoms with Crippen LogP contribution in [0.15, 0.2) is 30.3 Å². The fourth-order valence-electron chi connectivity index (χ4n) is 6.07. The van der Waals surface area contributed by atoms with Crippen LogP contribution >= 0.6 is 0 Å². The van der Waals surface area contributed by atoms with Crippen molar-refractivity contribution in [2.24, 2.45) is 5.92 Å². The van der Waals surface area contributed by atoms with E-state index in [1.807, 2.05) is 19.1 Å². The van der Waals surface area contributed by atoms with Crippen LogP contribution in [0.25, 0.3) is 0 Å². The first-order valence-corrected chi connectivity index (χ1v) is 13.4. The summed E-state index contributed by atoms with van der Waals surface area (Å²) in [5.74, 6) is -0.481. The fraction of sp³-hybridized carbons (Fsp3) is 0.600. The molecule has 0 bridgehead atoms. The van der Waals surface area contributed by atoms with E-state index in [2.05, 4.69) is 6.92 Å². The molecule has 4 rings (SSSR count). The van der Waals surface area contributed by atoms with Crippen LogP contribution in [0.2, 0.25) is 0 Å². The predicted octanol–water partition coefficient (Wildman–Crippen LogP) is 8.98. The second-order valence-corrected chi connectivity index (χ2v) is 10.4. The molecule has 2 aliphatic rings. The molecule has 2 fully saturated rings. The van der Waals surface area contributed by atoms with Crippen LogP contribution in [0.5, 0.6) is 0 Å². The van der Waals surface area contributed by atoms with Gasteiger partial charge in [0.2, 0.25) is 0 Å². The standard InChI is InChI=1S/C30H39F3O/c1-3-5-21-6-9-23(10-7-21)27-17-13-24(29(32)30(27)33)19-34-25-14-11-22(12-15-25)26-16-8-20(4-2)18-28(26)31/h8,13,16-18,21-23,25H,3-7,9-12,14-15,19H2,1-2H3. The number of hydrogen-bond donors (Lipinski definition) is 0. The van der Waals surface area contributed by atoms with Crippen molar-refractivity contribution in [3.05, 3.63) is 70.0 Å². The van der Waals surface area contributed by atoms with E-state index in [9.17, 15) is 13.2 Å². The van der Waals surface area contributed by atoms with Crippen LogP contribution in [-0.4, -0.2) is 6.10 Å². The number of rotatable bonds is 8. The summed E-state index contributed by atoms with van der Waals surface area (Å²) in [7, 11) is 0. The van der Waals surface area contributed by atoms with Crippen LogP contribution < -0.4 is 0 Å². The van der Waals surface area contributed by atoms with Gasteiger partial charge in [-0.25, -0.2) is 13.2 Å². The quantitative estimate of drug-likeness (QED) is 0.372. The Morgan fingerprint density at radius 2 is 1.41 bits per heavy atom. The molecule has 0 amide bonds. The summed E-state index contributed by atoms with van der Waals surface area (Å²) >= 11 is 0. The van der Waals surface area contributed by atoms with E-state index < -0.39 is 11.6 Å². The van der Waals surface area contributed by atoms with E-state index in [4.69, 9.17) is 4.74 Å². The zero-order valence-electron chi connectivity index (χ0n) is 20.7. The Labute approximate surface area is 203 Å². The van der Waals surface area contributed by atoms with Crippen molar-refractivity contribution in [3.8, 4) is 0 Å². The average Bonchev–Trinajstić information content (AvgIpc) is 2.86. The van der Waals surface area contributed by atoms with E-state index in [1.54, 1.807) is 18.2 Å². The van der Waals surface area contributed by atoms with Gasteiger partial charge in [0.25, 0.3) is 0 Å². The van der Waals surface area contributed by atoms with E-state index >= 15 is 0 Å². The lowest BCUT2D eigenvalue weighted by molar-refractivity contribution is 0.0116. The normalized spacial score (nSPS) is 25.4. The Bertz CT molecular complexity index is 940. The summed E-state index contributed by atoms with van der Waals surface area (Å²) in [4.78, 5) is 0. The minimum absolute atomic E-state index is 0.00482. The SMILES string of the molecule is CCCC1CCC(c2ccc(COC3CCC(c4ccc(CC)cc4F)CC3)c(F)c2F)CC1. The molecule has 0 aromatic heterocycles.